The van der Waals surface area contributed by atoms with Gasteiger partial charge in [-0.15, -0.1) is 11.8 Å². The van der Waals surface area contributed by atoms with E-state index in [0.29, 0.717) is 17.0 Å². The van der Waals surface area contributed by atoms with Gasteiger partial charge in [0.2, 0.25) is 5.91 Å². The second-order valence-electron chi connectivity index (χ2n) is 4.72. The Morgan fingerprint density at radius 2 is 2.24 bits per heavy atom. The topological polar surface area (TPSA) is 62.2 Å². The lowest BCUT2D eigenvalue weighted by molar-refractivity contribution is -0.113. The number of nitrogens with one attached hydrogen (secondary N) is 1. The maximum absolute atomic E-state index is 11.9. The van der Waals surface area contributed by atoms with Gasteiger partial charge < -0.3 is 10.4 Å². The first-order valence-corrected chi connectivity index (χ1v) is 7.81. The fourth-order valence-corrected chi connectivity index (χ4v) is 2.70. The third-order valence-corrected chi connectivity index (χ3v) is 3.94. The standard InChI is InChI=1S/C16H18N2O2S/c1-12-3-2-4-13(7-12)10-21-11-16(20)18-15-8-17-6-5-14(15)9-19/h2-8,19H,9-11H2,1H3,(H,18,20). The predicted molar refractivity (Wildman–Crippen MR) is 86.1 cm³/mol. The number of amides is 1. The molecule has 1 heterocycles. The molecule has 0 aliphatic heterocycles. The summed E-state index contributed by atoms with van der Waals surface area (Å²) in [5.41, 5.74) is 3.67. The summed E-state index contributed by atoms with van der Waals surface area (Å²) in [5, 5.41) is 12.0. The number of aliphatic hydroxyl groups excluding tert-OH is 1. The minimum atomic E-state index is -0.116. The van der Waals surface area contributed by atoms with Crippen molar-refractivity contribution in [3.63, 3.8) is 0 Å². The van der Waals surface area contributed by atoms with Crippen LogP contribution in [0.15, 0.2) is 42.7 Å². The first kappa shape index (κ1) is 15.5. The number of rotatable bonds is 6. The van der Waals surface area contributed by atoms with Gasteiger partial charge in [0, 0.05) is 17.5 Å². The minimum Gasteiger partial charge on any atom is -0.392 e. The molecule has 0 bridgehead atoms. The summed E-state index contributed by atoms with van der Waals surface area (Å²) in [6.45, 7) is 1.94. The highest BCUT2D eigenvalue weighted by Gasteiger charge is 2.06. The Morgan fingerprint density at radius 3 is 3.00 bits per heavy atom. The zero-order valence-electron chi connectivity index (χ0n) is 11.9. The molecule has 5 heteroatoms. The second-order valence-corrected chi connectivity index (χ2v) is 5.71. The van der Waals surface area contributed by atoms with Crippen LogP contribution >= 0.6 is 11.8 Å². The minimum absolute atomic E-state index is 0.0876. The Balaban J connectivity index is 1.82. The molecule has 110 valence electrons. The lowest BCUT2D eigenvalue weighted by atomic mass is 10.2. The smallest absolute Gasteiger partial charge is 0.234 e. The van der Waals surface area contributed by atoms with Gasteiger partial charge in [0.15, 0.2) is 0 Å². The highest BCUT2D eigenvalue weighted by molar-refractivity contribution is 7.99. The van der Waals surface area contributed by atoms with Gasteiger partial charge in [0.25, 0.3) is 0 Å². The van der Waals surface area contributed by atoms with E-state index in [1.54, 1.807) is 30.2 Å². The van der Waals surface area contributed by atoms with Crippen molar-refractivity contribution in [2.75, 3.05) is 11.1 Å². The van der Waals surface area contributed by atoms with Gasteiger partial charge >= 0.3 is 0 Å². The highest BCUT2D eigenvalue weighted by Crippen LogP contribution is 2.16. The van der Waals surface area contributed by atoms with Crippen LogP contribution in [0.25, 0.3) is 0 Å². The molecule has 2 aromatic rings. The predicted octanol–water partition coefficient (Wildman–Crippen LogP) is 2.75. The number of pyridine rings is 1. The van der Waals surface area contributed by atoms with Gasteiger partial charge in [-0.05, 0) is 18.6 Å². The zero-order chi connectivity index (χ0) is 15.1. The van der Waals surface area contributed by atoms with Crippen LogP contribution in [-0.2, 0) is 17.2 Å². The summed E-state index contributed by atoms with van der Waals surface area (Å²) in [5.74, 6) is 1.08. The number of hydrogen-bond donors (Lipinski definition) is 2. The Hall–Kier alpha value is -1.85. The molecule has 2 rings (SSSR count). The van der Waals surface area contributed by atoms with Crippen molar-refractivity contribution in [2.24, 2.45) is 0 Å². The first-order chi connectivity index (χ1) is 10.2. The number of thioether (sulfide) groups is 1. The van der Waals surface area contributed by atoms with Crippen molar-refractivity contribution >= 4 is 23.4 Å². The number of carbonyl (C=O) groups is 1. The first-order valence-electron chi connectivity index (χ1n) is 6.66. The average Bonchev–Trinajstić information content (AvgIpc) is 2.48. The monoisotopic (exact) mass is 302 g/mol. The van der Waals surface area contributed by atoms with Crippen LogP contribution in [0, 0.1) is 6.92 Å². The summed E-state index contributed by atoms with van der Waals surface area (Å²) >= 11 is 1.56. The molecule has 0 aliphatic carbocycles. The molecule has 0 saturated heterocycles. The average molecular weight is 302 g/mol. The number of benzene rings is 1. The van der Waals surface area contributed by atoms with E-state index in [1.807, 2.05) is 6.07 Å². The Bertz CT molecular complexity index is 617. The summed E-state index contributed by atoms with van der Waals surface area (Å²) < 4.78 is 0. The van der Waals surface area contributed by atoms with Gasteiger partial charge in [0.05, 0.1) is 24.2 Å². The molecular weight excluding hydrogens is 284 g/mol. The van der Waals surface area contributed by atoms with Crippen LogP contribution < -0.4 is 5.32 Å². The van der Waals surface area contributed by atoms with Crippen LogP contribution in [0.5, 0.6) is 0 Å². The quantitative estimate of drug-likeness (QED) is 0.861. The van der Waals surface area contributed by atoms with E-state index in [9.17, 15) is 9.90 Å². The summed E-state index contributed by atoms with van der Waals surface area (Å²) in [6, 6.07) is 9.95. The van der Waals surface area contributed by atoms with Gasteiger partial charge in [-0.2, -0.15) is 0 Å². The Labute approximate surface area is 128 Å². The summed E-state index contributed by atoms with van der Waals surface area (Å²) in [7, 11) is 0. The third-order valence-electron chi connectivity index (χ3n) is 2.94. The Morgan fingerprint density at radius 1 is 1.38 bits per heavy atom. The molecule has 2 N–H and O–H groups in total. The largest absolute Gasteiger partial charge is 0.392 e. The molecule has 0 aliphatic rings. The lowest BCUT2D eigenvalue weighted by Gasteiger charge is -2.08. The van der Waals surface area contributed by atoms with E-state index in [1.165, 1.54) is 11.1 Å². The van der Waals surface area contributed by atoms with E-state index in [4.69, 9.17) is 0 Å². The number of aromatic nitrogens is 1. The SMILES string of the molecule is Cc1cccc(CSCC(=O)Nc2cnccc2CO)c1. The van der Waals surface area contributed by atoms with Crippen molar-refractivity contribution in [1.29, 1.82) is 0 Å². The van der Waals surface area contributed by atoms with E-state index in [0.717, 1.165) is 5.75 Å². The zero-order valence-corrected chi connectivity index (χ0v) is 12.7. The molecule has 0 fully saturated rings. The van der Waals surface area contributed by atoms with Gasteiger partial charge in [-0.3, -0.25) is 9.78 Å². The Kier molecular flexibility index (Phi) is 5.78. The fraction of sp³-hybridized carbons (Fsp3) is 0.250. The number of nitrogens with zero attached hydrogens (tertiary/aromatic N) is 1. The van der Waals surface area contributed by atoms with Gasteiger partial charge in [0.1, 0.15) is 0 Å². The highest BCUT2D eigenvalue weighted by atomic mass is 32.2. The maximum atomic E-state index is 11.9. The van der Waals surface area contributed by atoms with E-state index in [2.05, 4.69) is 35.4 Å². The lowest BCUT2D eigenvalue weighted by Crippen LogP contribution is -2.15. The van der Waals surface area contributed by atoms with E-state index >= 15 is 0 Å². The number of hydrogen-bond acceptors (Lipinski definition) is 4. The van der Waals surface area contributed by atoms with Crippen molar-refractivity contribution in [3.8, 4) is 0 Å². The second kappa shape index (κ2) is 7.81. The molecule has 0 spiro atoms. The van der Waals surface area contributed by atoms with Gasteiger partial charge in [-0.1, -0.05) is 29.8 Å². The van der Waals surface area contributed by atoms with Crippen molar-refractivity contribution in [1.82, 2.24) is 4.98 Å². The maximum Gasteiger partial charge on any atom is 0.234 e. The molecule has 1 aromatic carbocycles. The van der Waals surface area contributed by atoms with Crippen LogP contribution in [0.4, 0.5) is 5.69 Å². The molecule has 21 heavy (non-hydrogen) atoms. The van der Waals surface area contributed by atoms with E-state index < -0.39 is 0 Å². The third kappa shape index (κ3) is 4.88. The van der Waals surface area contributed by atoms with Crippen molar-refractivity contribution in [3.05, 3.63) is 59.4 Å². The van der Waals surface area contributed by atoms with Crippen LogP contribution in [0.2, 0.25) is 0 Å². The van der Waals surface area contributed by atoms with Crippen molar-refractivity contribution in [2.45, 2.75) is 19.3 Å². The molecule has 0 radical (unpaired) electrons. The molecular formula is C16H18N2O2S. The molecule has 4 nitrogen and oxygen atoms in total. The molecule has 0 atom stereocenters. The molecule has 1 amide bonds. The van der Waals surface area contributed by atoms with Crippen LogP contribution in [-0.4, -0.2) is 21.8 Å². The number of aliphatic hydroxyl groups is 1. The summed E-state index contributed by atoms with van der Waals surface area (Å²) in [6.07, 6.45) is 3.14. The van der Waals surface area contributed by atoms with Crippen LogP contribution in [0.1, 0.15) is 16.7 Å². The van der Waals surface area contributed by atoms with E-state index in [-0.39, 0.29) is 12.5 Å². The molecule has 0 unspecified atom stereocenters. The number of aryl methyl sites for hydroxylation is 1. The molecule has 0 saturated carbocycles. The van der Waals surface area contributed by atoms with Crippen molar-refractivity contribution < 1.29 is 9.90 Å². The molecule has 1 aromatic heterocycles. The normalized spacial score (nSPS) is 10.4. The fourth-order valence-electron chi connectivity index (χ4n) is 1.92. The van der Waals surface area contributed by atoms with Crippen LogP contribution in [0.3, 0.4) is 0 Å². The summed E-state index contributed by atoms with van der Waals surface area (Å²) in [4.78, 5) is 15.8. The van der Waals surface area contributed by atoms with Gasteiger partial charge in [-0.25, -0.2) is 0 Å². The number of anilines is 1. The number of carbonyl (C=O) groups excluding carboxylic acids is 1.